The van der Waals surface area contributed by atoms with Gasteiger partial charge in [-0.3, -0.25) is 14.7 Å². The maximum Gasteiger partial charge on any atom is 0.230 e. The fourth-order valence-corrected chi connectivity index (χ4v) is 5.22. The summed E-state index contributed by atoms with van der Waals surface area (Å²) in [6, 6.07) is 8.43. The molecule has 0 bridgehead atoms. The molecule has 4 heterocycles. The molecule has 4 nitrogen and oxygen atoms in total. The number of amides is 1. The van der Waals surface area contributed by atoms with Gasteiger partial charge in [0.05, 0.1) is 5.41 Å². The number of carbonyl (C=O) groups is 1. The van der Waals surface area contributed by atoms with Crippen LogP contribution in [0.25, 0.3) is 0 Å². The summed E-state index contributed by atoms with van der Waals surface area (Å²) < 4.78 is 0. The van der Waals surface area contributed by atoms with E-state index in [1.54, 1.807) is 12.4 Å². The van der Waals surface area contributed by atoms with Crippen molar-refractivity contribution in [3.63, 3.8) is 0 Å². The summed E-state index contributed by atoms with van der Waals surface area (Å²) in [6.45, 7) is 6.76. The molecule has 4 rings (SSSR count). The molecule has 5 heteroatoms. The van der Waals surface area contributed by atoms with Gasteiger partial charge in [-0.05, 0) is 62.6 Å². The second kappa shape index (κ2) is 6.89. The van der Waals surface area contributed by atoms with Crippen molar-refractivity contribution in [1.29, 1.82) is 0 Å². The highest BCUT2D eigenvalue weighted by molar-refractivity contribution is 7.11. The number of likely N-dealkylation sites (tertiary alicyclic amines) is 2. The predicted molar refractivity (Wildman–Crippen MR) is 100 cm³/mol. The number of pyridine rings is 1. The van der Waals surface area contributed by atoms with E-state index in [1.807, 2.05) is 28.4 Å². The van der Waals surface area contributed by atoms with Gasteiger partial charge in [0.2, 0.25) is 5.91 Å². The Morgan fingerprint density at radius 3 is 2.72 bits per heavy atom. The second-order valence-corrected chi connectivity index (χ2v) is 8.81. The van der Waals surface area contributed by atoms with E-state index < -0.39 is 0 Å². The number of piperidine rings is 1. The SMILES string of the molecule is Cc1ccc(CN2CCC[C@@]3(CCN(Cc4ccncc4)C3=O)C2)s1. The highest BCUT2D eigenvalue weighted by atomic mass is 32.1. The number of carbonyl (C=O) groups excluding carboxylic acids is 1. The van der Waals surface area contributed by atoms with Gasteiger partial charge in [0.15, 0.2) is 0 Å². The Bertz CT molecular complexity index is 744. The second-order valence-electron chi connectivity index (χ2n) is 7.44. The largest absolute Gasteiger partial charge is 0.338 e. The quantitative estimate of drug-likeness (QED) is 0.843. The van der Waals surface area contributed by atoms with Gasteiger partial charge in [-0.1, -0.05) is 0 Å². The zero-order chi connectivity index (χ0) is 17.3. The van der Waals surface area contributed by atoms with Crippen LogP contribution >= 0.6 is 11.3 Å². The monoisotopic (exact) mass is 355 g/mol. The standard InChI is InChI=1S/C20H25N3OS/c1-16-3-4-18(25-16)14-22-11-2-7-20(15-22)8-12-23(19(20)24)13-17-5-9-21-10-6-17/h3-6,9-10H,2,7-8,11-15H2,1H3/t20-/m1/s1. The first-order valence-electron chi connectivity index (χ1n) is 9.11. The van der Waals surface area contributed by atoms with Gasteiger partial charge in [0.25, 0.3) is 0 Å². The molecule has 0 saturated carbocycles. The van der Waals surface area contributed by atoms with E-state index in [0.717, 1.165) is 45.4 Å². The molecule has 2 saturated heterocycles. The first kappa shape index (κ1) is 16.7. The first-order valence-corrected chi connectivity index (χ1v) is 9.92. The topological polar surface area (TPSA) is 36.4 Å². The van der Waals surface area contributed by atoms with E-state index in [4.69, 9.17) is 0 Å². The molecule has 0 aromatic carbocycles. The minimum Gasteiger partial charge on any atom is -0.338 e. The van der Waals surface area contributed by atoms with Crippen molar-refractivity contribution in [1.82, 2.24) is 14.8 Å². The lowest BCUT2D eigenvalue weighted by Crippen LogP contribution is -2.47. The molecule has 0 radical (unpaired) electrons. The highest BCUT2D eigenvalue weighted by Crippen LogP contribution is 2.41. The lowest BCUT2D eigenvalue weighted by atomic mass is 9.78. The molecule has 2 aliphatic heterocycles. The van der Waals surface area contributed by atoms with Gasteiger partial charge in [0, 0.05) is 48.3 Å². The molecule has 25 heavy (non-hydrogen) atoms. The maximum absolute atomic E-state index is 13.2. The lowest BCUT2D eigenvalue weighted by molar-refractivity contribution is -0.139. The number of hydrogen-bond acceptors (Lipinski definition) is 4. The van der Waals surface area contributed by atoms with Gasteiger partial charge in [-0.15, -0.1) is 11.3 Å². The molecule has 0 unspecified atom stereocenters. The summed E-state index contributed by atoms with van der Waals surface area (Å²) in [6.07, 6.45) is 6.77. The smallest absolute Gasteiger partial charge is 0.230 e. The van der Waals surface area contributed by atoms with Crippen molar-refractivity contribution >= 4 is 17.2 Å². The van der Waals surface area contributed by atoms with Gasteiger partial charge < -0.3 is 4.90 Å². The van der Waals surface area contributed by atoms with Crippen LogP contribution in [-0.2, 0) is 17.9 Å². The molecule has 132 valence electrons. The number of rotatable bonds is 4. The van der Waals surface area contributed by atoms with Gasteiger partial charge in [-0.2, -0.15) is 0 Å². The van der Waals surface area contributed by atoms with Crippen LogP contribution < -0.4 is 0 Å². The van der Waals surface area contributed by atoms with Crippen molar-refractivity contribution in [3.05, 3.63) is 52.0 Å². The Balaban J connectivity index is 1.43. The third kappa shape index (κ3) is 3.48. The molecule has 1 spiro atoms. The van der Waals surface area contributed by atoms with Crippen molar-refractivity contribution in [2.75, 3.05) is 19.6 Å². The Morgan fingerprint density at radius 2 is 1.96 bits per heavy atom. The first-order chi connectivity index (χ1) is 12.1. The van der Waals surface area contributed by atoms with Crippen LogP contribution in [-0.4, -0.2) is 40.3 Å². The average Bonchev–Trinajstić information content (AvgIpc) is 3.15. The van der Waals surface area contributed by atoms with Crippen LogP contribution in [0.4, 0.5) is 0 Å². The molecule has 2 aliphatic rings. The molecule has 1 atom stereocenters. The zero-order valence-electron chi connectivity index (χ0n) is 14.8. The molecule has 2 fully saturated rings. The maximum atomic E-state index is 13.2. The molecule has 0 aliphatic carbocycles. The summed E-state index contributed by atoms with van der Waals surface area (Å²) in [4.78, 5) is 24.6. The van der Waals surface area contributed by atoms with Crippen LogP contribution in [0.1, 0.15) is 34.6 Å². The fraction of sp³-hybridized carbons (Fsp3) is 0.500. The van der Waals surface area contributed by atoms with Crippen molar-refractivity contribution < 1.29 is 4.79 Å². The predicted octanol–water partition coefficient (Wildman–Crippen LogP) is 3.47. The fourth-order valence-electron chi connectivity index (χ4n) is 4.28. The zero-order valence-corrected chi connectivity index (χ0v) is 15.6. The van der Waals surface area contributed by atoms with Crippen molar-refractivity contribution in [2.24, 2.45) is 5.41 Å². The van der Waals surface area contributed by atoms with E-state index in [-0.39, 0.29) is 5.41 Å². The Kier molecular flexibility index (Phi) is 4.61. The highest BCUT2D eigenvalue weighted by Gasteiger charge is 2.48. The van der Waals surface area contributed by atoms with Gasteiger partial charge in [0.1, 0.15) is 0 Å². The molecule has 1 amide bonds. The Hall–Kier alpha value is -1.72. The summed E-state index contributed by atoms with van der Waals surface area (Å²) in [7, 11) is 0. The molecular formula is C20H25N3OS. The van der Waals surface area contributed by atoms with Crippen molar-refractivity contribution in [3.8, 4) is 0 Å². The van der Waals surface area contributed by atoms with Gasteiger partial charge >= 0.3 is 0 Å². The van der Waals surface area contributed by atoms with E-state index in [0.29, 0.717) is 12.5 Å². The average molecular weight is 356 g/mol. The van der Waals surface area contributed by atoms with Gasteiger partial charge in [-0.25, -0.2) is 0 Å². The van der Waals surface area contributed by atoms with Crippen LogP contribution in [0.2, 0.25) is 0 Å². The van der Waals surface area contributed by atoms with E-state index in [2.05, 4.69) is 28.9 Å². The van der Waals surface area contributed by atoms with E-state index >= 15 is 0 Å². The van der Waals surface area contributed by atoms with E-state index in [9.17, 15) is 4.79 Å². The van der Waals surface area contributed by atoms with E-state index in [1.165, 1.54) is 15.3 Å². The summed E-state index contributed by atoms with van der Waals surface area (Å²) >= 11 is 1.87. The number of nitrogens with zero attached hydrogens (tertiary/aromatic N) is 3. The minimum absolute atomic E-state index is 0.155. The number of hydrogen-bond donors (Lipinski definition) is 0. The minimum atomic E-state index is -0.155. The molecular weight excluding hydrogens is 330 g/mol. The third-order valence-corrected chi connectivity index (χ3v) is 6.54. The van der Waals surface area contributed by atoms with Crippen LogP contribution in [0.3, 0.4) is 0 Å². The molecule has 0 N–H and O–H groups in total. The normalized spacial score (nSPS) is 24.4. The van der Waals surface area contributed by atoms with Crippen molar-refractivity contribution in [2.45, 2.75) is 39.3 Å². The van der Waals surface area contributed by atoms with Crippen LogP contribution in [0.15, 0.2) is 36.7 Å². The van der Waals surface area contributed by atoms with Crippen LogP contribution in [0.5, 0.6) is 0 Å². The lowest BCUT2D eigenvalue weighted by Gasteiger charge is -2.39. The Morgan fingerprint density at radius 1 is 1.12 bits per heavy atom. The summed E-state index contributed by atoms with van der Waals surface area (Å²) in [5, 5.41) is 0. The summed E-state index contributed by atoms with van der Waals surface area (Å²) in [5.74, 6) is 0.358. The molecule has 2 aromatic rings. The number of aryl methyl sites for hydroxylation is 1. The molecule has 2 aromatic heterocycles. The van der Waals surface area contributed by atoms with Crippen LogP contribution in [0, 0.1) is 12.3 Å². The number of aromatic nitrogens is 1. The Labute approximate surface area is 153 Å². The summed E-state index contributed by atoms with van der Waals surface area (Å²) in [5.41, 5.74) is 1.01. The number of thiophene rings is 1. The third-order valence-electron chi connectivity index (χ3n) is 5.56.